The molecule has 2 aromatic heterocycles. The first kappa shape index (κ1) is 13.8. The highest BCUT2D eigenvalue weighted by molar-refractivity contribution is 5.96. The fourth-order valence-electron chi connectivity index (χ4n) is 1.57. The lowest BCUT2D eigenvalue weighted by molar-refractivity contribution is -0.129. The van der Waals surface area contributed by atoms with E-state index in [0.29, 0.717) is 12.3 Å². The smallest absolute Gasteiger partial charge is 0.229 e. The van der Waals surface area contributed by atoms with Gasteiger partial charge in [0.15, 0.2) is 0 Å². The Morgan fingerprint density at radius 3 is 2.40 bits per heavy atom. The van der Waals surface area contributed by atoms with E-state index >= 15 is 0 Å². The van der Waals surface area contributed by atoms with E-state index in [-0.39, 0.29) is 24.8 Å². The maximum atomic E-state index is 11.6. The van der Waals surface area contributed by atoms with Crippen molar-refractivity contribution in [3.05, 3.63) is 54.2 Å². The molecule has 2 amide bonds. The molecule has 20 heavy (non-hydrogen) atoms. The molecule has 0 radical (unpaired) electrons. The van der Waals surface area contributed by atoms with Crippen LogP contribution in [0.3, 0.4) is 0 Å². The van der Waals surface area contributed by atoms with Crippen molar-refractivity contribution in [3.8, 4) is 0 Å². The summed E-state index contributed by atoms with van der Waals surface area (Å²) in [5, 5.41) is 5.28. The molecule has 104 valence electrons. The molecular weight excluding hydrogens is 258 g/mol. The van der Waals surface area contributed by atoms with Crippen LogP contribution in [0.5, 0.6) is 0 Å². The van der Waals surface area contributed by atoms with Crippen LogP contribution < -0.4 is 10.6 Å². The molecule has 2 rings (SSSR count). The fraction of sp³-hybridized carbons (Fsp3) is 0.214. The molecule has 0 aliphatic heterocycles. The van der Waals surface area contributed by atoms with E-state index in [0.717, 1.165) is 5.56 Å². The molecule has 0 aliphatic rings. The third-order valence-corrected chi connectivity index (χ3v) is 2.60. The summed E-state index contributed by atoms with van der Waals surface area (Å²) in [6.07, 6.45) is 4.63. The van der Waals surface area contributed by atoms with Crippen molar-refractivity contribution in [3.63, 3.8) is 0 Å². The van der Waals surface area contributed by atoms with E-state index in [9.17, 15) is 9.59 Å². The normalized spacial score (nSPS) is 10.0. The predicted octanol–water partition coefficient (Wildman–Crippen LogP) is 0.997. The number of hydrogen-bond donors (Lipinski definition) is 2. The number of aromatic nitrogens is 1. The molecular formula is C14H15N3O3. The van der Waals surface area contributed by atoms with Crippen molar-refractivity contribution in [1.29, 1.82) is 0 Å². The average Bonchev–Trinajstić information content (AvgIpc) is 2.97. The molecule has 6 nitrogen and oxygen atoms in total. The minimum Gasteiger partial charge on any atom is -0.467 e. The summed E-state index contributed by atoms with van der Waals surface area (Å²) >= 11 is 0. The van der Waals surface area contributed by atoms with E-state index < -0.39 is 0 Å². The van der Waals surface area contributed by atoms with E-state index in [4.69, 9.17) is 4.42 Å². The third kappa shape index (κ3) is 4.56. The lowest BCUT2D eigenvalue weighted by atomic mass is 10.2. The van der Waals surface area contributed by atoms with Crippen molar-refractivity contribution in [2.75, 3.05) is 0 Å². The molecule has 0 aromatic carbocycles. The Morgan fingerprint density at radius 1 is 1.05 bits per heavy atom. The van der Waals surface area contributed by atoms with Gasteiger partial charge < -0.3 is 15.1 Å². The van der Waals surface area contributed by atoms with Gasteiger partial charge in [-0.2, -0.15) is 0 Å². The summed E-state index contributed by atoms with van der Waals surface area (Å²) in [5.74, 6) is -0.0112. The number of hydrogen-bond acceptors (Lipinski definition) is 4. The maximum absolute atomic E-state index is 11.6. The summed E-state index contributed by atoms with van der Waals surface area (Å²) in [7, 11) is 0. The van der Waals surface area contributed by atoms with Crippen LogP contribution in [0.2, 0.25) is 0 Å². The SMILES string of the molecule is O=C(CC(=O)NCc1ccco1)NCc1ccncc1. The highest BCUT2D eigenvalue weighted by atomic mass is 16.3. The Bertz CT molecular complexity index is 552. The van der Waals surface area contributed by atoms with Gasteiger partial charge >= 0.3 is 0 Å². The fourth-order valence-corrected chi connectivity index (χ4v) is 1.57. The Hall–Kier alpha value is -2.63. The minimum absolute atomic E-state index is 0.203. The number of rotatable bonds is 6. The quantitative estimate of drug-likeness (QED) is 0.769. The number of nitrogens with one attached hydrogen (secondary N) is 2. The van der Waals surface area contributed by atoms with E-state index in [2.05, 4.69) is 15.6 Å². The largest absolute Gasteiger partial charge is 0.467 e. The second kappa shape index (κ2) is 7.08. The van der Waals surface area contributed by atoms with Crippen LogP contribution in [0, 0.1) is 0 Å². The Kier molecular flexibility index (Phi) is 4.88. The minimum atomic E-state index is -0.339. The molecule has 2 N–H and O–H groups in total. The van der Waals surface area contributed by atoms with Gasteiger partial charge in [-0.25, -0.2) is 0 Å². The van der Waals surface area contributed by atoms with Gasteiger partial charge in [0.25, 0.3) is 0 Å². The van der Waals surface area contributed by atoms with Crippen LogP contribution in [0.25, 0.3) is 0 Å². The van der Waals surface area contributed by atoms with Crippen molar-refractivity contribution in [2.24, 2.45) is 0 Å². The van der Waals surface area contributed by atoms with Gasteiger partial charge in [0.2, 0.25) is 11.8 Å². The Labute approximate surface area is 116 Å². The molecule has 0 spiro atoms. The first-order valence-corrected chi connectivity index (χ1v) is 6.19. The van der Waals surface area contributed by atoms with Gasteiger partial charge in [-0.15, -0.1) is 0 Å². The van der Waals surface area contributed by atoms with Crippen molar-refractivity contribution >= 4 is 11.8 Å². The number of nitrogens with zero attached hydrogens (tertiary/aromatic N) is 1. The zero-order valence-corrected chi connectivity index (χ0v) is 10.8. The Morgan fingerprint density at radius 2 is 1.75 bits per heavy atom. The summed E-state index contributed by atoms with van der Waals surface area (Å²) < 4.78 is 5.07. The molecule has 0 bridgehead atoms. The standard InChI is InChI=1S/C14H15N3O3/c18-13(16-9-11-3-5-15-6-4-11)8-14(19)17-10-12-2-1-7-20-12/h1-7H,8-10H2,(H,16,18)(H,17,19). The zero-order valence-electron chi connectivity index (χ0n) is 10.8. The summed E-state index contributed by atoms with van der Waals surface area (Å²) in [6, 6.07) is 7.10. The van der Waals surface area contributed by atoms with Crippen LogP contribution in [-0.2, 0) is 22.7 Å². The van der Waals surface area contributed by atoms with Crippen LogP contribution in [0.1, 0.15) is 17.7 Å². The zero-order chi connectivity index (χ0) is 14.2. The van der Waals surface area contributed by atoms with E-state index in [1.165, 1.54) is 6.26 Å². The molecule has 0 unspecified atom stereocenters. The molecule has 0 atom stereocenters. The summed E-state index contributed by atoms with van der Waals surface area (Å²) in [5.41, 5.74) is 0.935. The number of amides is 2. The van der Waals surface area contributed by atoms with Gasteiger partial charge in [0, 0.05) is 18.9 Å². The lowest BCUT2D eigenvalue weighted by Crippen LogP contribution is -2.31. The average molecular weight is 273 g/mol. The summed E-state index contributed by atoms with van der Waals surface area (Å²) in [4.78, 5) is 27.0. The molecule has 0 saturated carbocycles. The predicted molar refractivity (Wildman–Crippen MR) is 71.3 cm³/mol. The molecule has 0 saturated heterocycles. The molecule has 0 fully saturated rings. The van der Waals surface area contributed by atoms with Crippen LogP contribution >= 0.6 is 0 Å². The summed E-state index contributed by atoms with van der Waals surface area (Å²) in [6.45, 7) is 0.663. The van der Waals surface area contributed by atoms with Crippen molar-refractivity contribution in [1.82, 2.24) is 15.6 Å². The monoisotopic (exact) mass is 273 g/mol. The lowest BCUT2D eigenvalue weighted by Gasteiger charge is -2.05. The van der Waals surface area contributed by atoms with E-state index in [1.54, 1.807) is 36.7 Å². The highest BCUT2D eigenvalue weighted by Crippen LogP contribution is 1.99. The first-order chi connectivity index (χ1) is 9.74. The highest BCUT2D eigenvalue weighted by Gasteiger charge is 2.09. The van der Waals surface area contributed by atoms with Crippen LogP contribution in [0.4, 0.5) is 0 Å². The number of furan rings is 1. The van der Waals surface area contributed by atoms with Gasteiger partial charge in [0.1, 0.15) is 12.2 Å². The second-order valence-corrected chi connectivity index (χ2v) is 4.17. The van der Waals surface area contributed by atoms with E-state index in [1.807, 2.05) is 0 Å². The van der Waals surface area contributed by atoms with Crippen LogP contribution in [-0.4, -0.2) is 16.8 Å². The van der Waals surface area contributed by atoms with Crippen molar-refractivity contribution < 1.29 is 14.0 Å². The van der Waals surface area contributed by atoms with Crippen molar-refractivity contribution in [2.45, 2.75) is 19.5 Å². The molecule has 2 aromatic rings. The van der Waals surface area contributed by atoms with Gasteiger partial charge in [-0.1, -0.05) is 0 Å². The van der Waals surface area contributed by atoms with Gasteiger partial charge in [-0.05, 0) is 29.8 Å². The van der Waals surface area contributed by atoms with Gasteiger partial charge in [0.05, 0.1) is 12.8 Å². The van der Waals surface area contributed by atoms with Crippen LogP contribution in [0.15, 0.2) is 47.3 Å². The Balaban J connectivity index is 1.67. The third-order valence-electron chi connectivity index (χ3n) is 2.60. The molecule has 6 heteroatoms. The number of pyridine rings is 1. The topological polar surface area (TPSA) is 84.2 Å². The second-order valence-electron chi connectivity index (χ2n) is 4.17. The van der Waals surface area contributed by atoms with Gasteiger partial charge in [-0.3, -0.25) is 14.6 Å². The molecule has 2 heterocycles. The number of carbonyl (C=O) groups excluding carboxylic acids is 2. The maximum Gasteiger partial charge on any atom is 0.229 e. The molecule has 0 aliphatic carbocycles. The first-order valence-electron chi connectivity index (χ1n) is 6.19. The number of carbonyl (C=O) groups is 2.